The van der Waals surface area contributed by atoms with Crippen LogP contribution >= 0.6 is 12.4 Å². The number of aliphatic carboxylic acids is 1. The fraction of sp³-hybridized carbons (Fsp3) is 0.350. The molecule has 0 amide bonds. The zero-order chi connectivity index (χ0) is 16.8. The van der Waals surface area contributed by atoms with Crippen LogP contribution < -0.4 is 4.74 Å². The Labute approximate surface area is 154 Å². The van der Waals surface area contributed by atoms with Gasteiger partial charge in [0.2, 0.25) is 0 Å². The Morgan fingerprint density at radius 2 is 1.84 bits per heavy atom. The number of benzene rings is 2. The molecule has 1 saturated heterocycles. The molecule has 2 aromatic rings. The van der Waals surface area contributed by atoms with Gasteiger partial charge in [0.15, 0.2) is 0 Å². The van der Waals surface area contributed by atoms with E-state index >= 15 is 0 Å². The Morgan fingerprint density at radius 1 is 1.12 bits per heavy atom. The van der Waals surface area contributed by atoms with Crippen molar-refractivity contribution in [1.29, 1.82) is 0 Å². The minimum Gasteiger partial charge on any atom is -0.492 e. The molecule has 0 radical (unpaired) electrons. The summed E-state index contributed by atoms with van der Waals surface area (Å²) in [6.45, 7) is 2.90. The van der Waals surface area contributed by atoms with Crippen molar-refractivity contribution in [3.63, 3.8) is 0 Å². The van der Waals surface area contributed by atoms with Crippen LogP contribution in [0.4, 0.5) is 0 Å². The lowest BCUT2D eigenvalue weighted by atomic mass is 9.98. The van der Waals surface area contributed by atoms with Gasteiger partial charge in [0.1, 0.15) is 12.4 Å². The standard InChI is InChI=1S/C20H23NO3.ClH/c22-20(23)17-9-6-12-21(15-17)13-14-24-19-11-5-4-10-18(19)16-7-2-1-3-8-16;/h1-5,7-8,10-11,17H,6,9,12-15H2,(H,22,23);1H/t17-;/m1./s1. The maximum atomic E-state index is 11.1. The number of carboxylic acid groups (broad SMARTS) is 1. The van der Waals surface area contributed by atoms with Crippen LogP contribution in [0.3, 0.4) is 0 Å². The predicted octanol–water partition coefficient (Wildman–Crippen LogP) is 3.95. The van der Waals surface area contributed by atoms with Gasteiger partial charge >= 0.3 is 5.97 Å². The second-order valence-corrected chi connectivity index (χ2v) is 6.19. The van der Waals surface area contributed by atoms with Gasteiger partial charge in [-0.2, -0.15) is 0 Å². The zero-order valence-corrected chi connectivity index (χ0v) is 15.0. The average molecular weight is 362 g/mol. The highest BCUT2D eigenvalue weighted by atomic mass is 35.5. The van der Waals surface area contributed by atoms with E-state index in [-0.39, 0.29) is 18.3 Å². The lowest BCUT2D eigenvalue weighted by molar-refractivity contribution is -0.143. The summed E-state index contributed by atoms with van der Waals surface area (Å²) in [7, 11) is 0. The van der Waals surface area contributed by atoms with Gasteiger partial charge in [-0.05, 0) is 31.0 Å². The first-order valence-electron chi connectivity index (χ1n) is 8.46. The number of ether oxygens (including phenoxy) is 1. The number of piperidine rings is 1. The summed E-state index contributed by atoms with van der Waals surface area (Å²) >= 11 is 0. The average Bonchev–Trinajstić information content (AvgIpc) is 2.63. The smallest absolute Gasteiger partial charge is 0.307 e. The van der Waals surface area contributed by atoms with Crippen LogP contribution in [0.15, 0.2) is 54.6 Å². The highest BCUT2D eigenvalue weighted by molar-refractivity contribution is 5.85. The summed E-state index contributed by atoms with van der Waals surface area (Å²) in [5.41, 5.74) is 2.22. The van der Waals surface area contributed by atoms with Crippen LogP contribution in [-0.2, 0) is 4.79 Å². The SMILES string of the molecule is Cl.O=C(O)[C@@H]1CCCN(CCOc2ccccc2-c2ccccc2)C1. The summed E-state index contributed by atoms with van der Waals surface area (Å²) in [6.07, 6.45) is 1.72. The molecule has 1 aliphatic heterocycles. The molecule has 0 unspecified atom stereocenters. The molecular formula is C20H24ClNO3. The van der Waals surface area contributed by atoms with Crippen LogP contribution in [0.2, 0.25) is 0 Å². The van der Waals surface area contributed by atoms with E-state index in [4.69, 9.17) is 9.84 Å². The first kappa shape index (κ1) is 19.3. The van der Waals surface area contributed by atoms with E-state index in [1.807, 2.05) is 36.4 Å². The minimum absolute atomic E-state index is 0. The molecular weight excluding hydrogens is 338 g/mol. The van der Waals surface area contributed by atoms with Crippen molar-refractivity contribution in [2.75, 3.05) is 26.2 Å². The molecule has 1 N–H and O–H groups in total. The Hall–Kier alpha value is -2.04. The van der Waals surface area contributed by atoms with Crippen molar-refractivity contribution in [2.24, 2.45) is 5.92 Å². The highest BCUT2D eigenvalue weighted by Crippen LogP contribution is 2.29. The van der Waals surface area contributed by atoms with Crippen molar-refractivity contribution in [3.8, 4) is 16.9 Å². The number of carbonyl (C=O) groups is 1. The number of nitrogens with zero attached hydrogens (tertiary/aromatic N) is 1. The van der Waals surface area contributed by atoms with Gasteiger partial charge in [-0.1, -0.05) is 48.5 Å². The third-order valence-corrected chi connectivity index (χ3v) is 4.49. The number of para-hydroxylation sites is 1. The van der Waals surface area contributed by atoms with Crippen LogP contribution in [-0.4, -0.2) is 42.2 Å². The molecule has 1 heterocycles. The predicted molar refractivity (Wildman–Crippen MR) is 101 cm³/mol. The van der Waals surface area contributed by atoms with Gasteiger partial charge in [-0.3, -0.25) is 9.69 Å². The Balaban J connectivity index is 0.00000225. The second-order valence-electron chi connectivity index (χ2n) is 6.19. The summed E-state index contributed by atoms with van der Waals surface area (Å²) in [4.78, 5) is 13.3. The lowest BCUT2D eigenvalue weighted by Gasteiger charge is -2.30. The summed E-state index contributed by atoms with van der Waals surface area (Å²) in [5.74, 6) is -0.0547. The van der Waals surface area contributed by atoms with E-state index in [0.29, 0.717) is 13.2 Å². The van der Waals surface area contributed by atoms with Crippen LogP contribution in [0, 0.1) is 5.92 Å². The minimum atomic E-state index is -0.685. The molecule has 5 heteroatoms. The van der Waals surface area contributed by atoms with Crippen molar-refractivity contribution in [1.82, 2.24) is 4.90 Å². The molecule has 134 valence electrons. The van der Waals surface area contributed by atoms with Crippen LogP contribution in [0.5, 0.6) is 5.75 Å². The summed E-state index contributed by atoms with van der Waals surface area (Å²) < 4.78 is 6.00. The maximum absolute atomic E-state index is 11.1. The molecule has 2 aromatic carbocycles. The third kappa shape index (κ3) is 5.21. The number of likely N-dealkylation sites (tertiary alicyclic amines) is 1. The Kier molecular flexibility index (Phi) is 7.29. The van der Waals surface area contributed by atoms with E-state index in [1.165, 1.54) is 0 Å². The molecule has 0 saturated carbocycles. The molecule has 1 aliphatic rings. The summed E-state index contributed by atoms with van der Waals surface area (Å²) in [6, 6.07) is 18.2. The zero-order valence-electron chi connectivity index (χ0n) is 14.1. The molecule has 0 spiro atoms. The quantitative estimate of drug-likeness (QED) is 0.846. The third-order valence-electron chi connectivity index (χ3n) is 4.49. The van der Waals surface area contributed by atoms with Gasteiger partial charge in [0, 0.05) is 18.7 Å². The van der Waals surface area contributed by atoms with Gasteiger partial charge in [-0.25, -0.2) is 0 Å². The molecule has 0 bridgehead atoms. The van der Waals surface area contributed by atoms with Gasteiger partial charge in [-0.15, -0.1) is 12.4 Å². The van der Waals surface area contributed by atoms with Gasteiger partial charge < -0.3 is 9.84 Å². The van der Waals surface area contributed by atoms with Gasteiger partial charge in [0.25, 0.3) is 0 Å². The second kappa shape index (κ2) is 9.44. The van der Waals surface area contributed by atoms with Gasteiger partial charge in [0.05, 0.1) is 5.92 Å². The van der Waals surface area contributed by atoms with Crippen molar-refractivity contribution in [3.05, 3.63) is 54.6 Å². The number of hydrogen-bond acceptors (Lipinski definition) is 3. The highest BCUT2D eigenvalue weighted by Gasteiger charge is 2.25. The number of carboxylic acids is 1. The van der Waals surface area contributed by atoms with E-state index in [1.54, 1.807) is 0 Å². The van der Waals surface area contributed by atoms with Crippen molar-refractivity contribution < 1.29 is 14.6 Å². The van der Waals surface area contributed by atoms with E-state index in [9.17, 15) is 4.79 Å². The lowest BCUT2D eigenvalue weighted by Crippen LogP contribution is -2.40. The molecule has 0 aromatic heterocycles. The molecule has 25 heavy (non-hydrogen) atoms. The topological polar surface area (TPSA) is 49.8 Å². The molecule has 3 rings (SSSR count). The number of rotatable bonds is 6. The molecule has 1 atom stereocenters. The fourth-order valence-corrected chi connectivity index (χ4v) is 3.19. The first-order valence-corrected chi connectivity index (χ1v) is 8.46. The van der Waals surface area contributed by atoms with Crippen LogP contribution in [0.25, 0.3) is 11.1 Å². The van der Waals surface area contributed by atoms with Crippen molar-refractivity contribution >= 4 is 18.4 Å². The normalized spacial score (nSPS) is 17.5. The largest absolute Gasteiger partial charge is 0.492 e. The van der Waals surface area contributed by atoms with Crippen LogP contribution in [0.1, 0.15) is 12.8 Å². The molecule has 1 fully saturated rings. The maximum Gasteiger partial charge on any atom is 0.307 e. The van der Waals surface area contributed by atoms with E-state index in [2.05, 4.69) is 23.1 Å². The first-order chi connectivity index (χ1) is 11.7. The number of hydrogen-bond donors (Lipinski definition) is 1. The fourth-order valence-electron chi connectivity index (χ4n) is 3.19. The Morgan fingerprint density at radius 3 is 2.60 bits per heavy atom. The van der Waals surface area contributed by atoms with E-state index < -0.39 is 5.97 Å². The Bertz CT molecular complexity index is 678. The number of halogens is 1. The van der Waals surface area contributed by atoms with Crippen molar-refractivity contribution in [2.45, 2.75) is 12.8 Å². The molecule has 0 aliphatic carbocycles. The summed E-state index contributed by atoms with van der Waals surface area (Å²) in [5, 5.41) is 9.16. The van der Waals surface area contributed by atoms with E-state index in [0.717, 1.165) is 42.8 Å². The molecule has 4 nitrogen and oxygen atoms in total. The monoisotopic (exact) mass is 361 g/mol.